The van der Waals surface area contributed by atoms with Gasteiger partial charge in [0.05, 0.1) is 17.8 Å². The van der Waals surface area contributed by atoms with Gasteiger partial charge in [-0.25, -0.2) is 0 Å². The molecule has 2 aromatic heterocycles. The Morgan fingerprint density at radius 3 is 2.42 bits per heavy atom. The molecule has 3 heterocycles. The van der Waals surface area contributed by atoms with E-state index < -0.39 is 0 Å². The minimum absolute atomic E-state index is 0.00798. The zero-order valence-electron chi connectivity index (χ0n) is 23.6. The van der Waals surface area contributed by atoms with Gasteiger partial charge in [0, 0.05) is 51.2 Å². The Morgan fingerprint density at radius 2 is 1.77 bits per heavy atom. The fourth-order valence-electron chi connectivity index (χ4n) is 5.59. The van der Waals surface area contributed by atoms with Gasteiger partial charge >= 0.3 is 0 Å². The molecule has 1 aliphatic heterocycles. The molecule has 4 aromatic rings. The van der Waals surface area contributed by atoms with E-state index in [9.17, 15) is 4.79 Å². The Morgan fingerprint density at radius 1 is 1.00 bits per heavy atom. The van der Waals surface area contributed by atoms with Crippen LogP contribution in [-0.4, -0.2) is 20.6 Å². The molecule has 1 aliphatic rings. The zero-order chi connectivity index (χ0) is 28.7. The van der Waals surface area contributed by atoms with Crippen molar-refractivity contribution in [2.75, 3.05) is 10.2 Å². The highest BCUT2D eigenvalue weighted by atomic mass is 35.5. The van der Waals surface area contributed by atoms with Crippen molar-refractivity contribution in [3.05, 3.63) is 106 Å². The number of benzene rings is 2. The first kappa shape index (κ1) is 27.9. The van der Waals surface area contributed by atoms with Crippen LogP contribution in [0.2, 0.25) is 5.02 Å². The van der Waals surface area contributed by atoms with Crippen molar-refractivity contribution < 1.29 is 4.79 Å². The molecule has 2 aromatic carbocycles. The molecule has 206 valence electrons. The van der Waals surface area contributed by atoms with Crippen LogP contribution in [-0.2, 0) is 4.79 Å². The van der Waals surface area contributed by atoms with E-state index >= 15 is 0 Å². The normalized spacial score (nSPS) is 16.9. The van der Waals surface area contributed by atoms with Gasteiger partial charge in [0.1, 0.15) is 0 Å². The third kappa shape index (κ3) is 5.00. The second-order valence-corrected chi connectivity index (χ2v) is 11.5. The van der Waals surface area contributed by atoms with E-state index in [0.29, 0.717) is 10.1 Å². The molecule has 0 saturated carbocycles. The molecule has 2 atom stereocenters. The molecule has 0 bridgehead atoms. The van der Waals surface area contributed by atoms with Crippen LogP contribution in [0.25, 0.3) is 5.69 Å². The van der Waals surface area contributed by atoms with Gasteiger partial charge in [-0.1, -0.05) is 37.6 Å². The number of nitrogens with one attached hydrogen (secondary N) is 2. The smallest absolute Gasteiger partial charge is 0.226 e. The summed E-state index contributed by atoms with van der Waals surface area (Å²) in [5.74, 6) is -0.109. The molecule has 0 unspecified atom stereocenters. The number of carbonyl (C=O) groups excluding carboxylic acids is 1. The van der Waals surface area contributed by atoms with Crippen molar-refractivity contribution in [1.82, 2.24) is 14.9 Å². The summed E-state index contributed by atoms with van der Waals surface area (Å²) < 4.78 is 2.27. The van der Waals surface area contributed by atoms with E-state index in [2.05, 4.69) is 53.0 Å². The maximum atomic E-state index is 12.4. The number of halogens is 1. The van der Waals surface area contributed by atoms with Crippen LogP contribution in [0.4, 0.5) is 11.4 Å². The first-order valence-corrected chi connectivity index (χ1v) is 14.2. The second-order valence-electron chi connectivity index (χ2n) is 10.7. The lowest BCUT2D eigenvalue weighted by atomic mass is 9.93. The number of thiocarbonyl (C=S) groups is 1. The van der Waals surface area contributed by atoms with Gasteiger partial charge in [-0.2, -0.15) is 0 Å². The van der Waals surface area contributed by atoms with Gasteiger partial charge in [-0.05, 0) is 99.6 Å². The number of rotatable bonds is 6. The Hall–Kier alpha value is -3.68. The van der Waals surface area contributed by atoms with Crippen LogP contribution >= 0.6 is 23.8 Å². The molecule has 8 heteroatoms. The summed E-state index contributed by atoms with van der Waals surface area (Å²) in [7, 11) is 0. The quantitative estimate of drug-likeness (QED) is 0.234. The van der Waals surface area contributed by atoms with E-state index in [1.165, 1.54) is 11.1 Å². The fourth-order valence-corrected chi connectivity index (χ4v) is 6.12. The van der Waals surface area contributed by atoms with Gasteiger partial charge in [0.15, 0.2) is 5.11 Å². The first-order chi connectivity index (χ1) is 19.1. The van der Waals surface area contributed by atoms with Crippen LogP contribution in [0.1, 0.15) is 59.7 Å². The predicted octanol–water partition coefficient (Wildman–Crippen LogP) is 7.53. The maximum Gasteiger partial charge on any atom is 0.226 e. The van der Waals surface area contributed by atoms with Gasteiger partial charge in [0.25, 0.3) is 0 Å². The average molecular weight is 572 g/mol. The van der Waals surface area contributed by atoms with Crippen LogP contribution in [0.15, 0.2) is 66.9 Å². The first-order valence-electron chi connectivity index (χ1n) is 13.4. The Kier molecular flexibility index (Phi) is 7.71. The zero-order valence-corrected chi connectivity index (χ0v) is 25.2. The molecule has 5 rings (SSSR count). The summed E-state index contributed by atoms with van der Waals surface area (Å²) in [5, 5.41) is 7.94. The molecule has 40 heavy (non-hydrogen) atoms. The highest BCUT2D eigenvalue weighted by molar-refractivity contribution is 7.80. The molecule has 0 aliphatic carbocycles. The van der Waals surface area contributed by atoms with Crippen molar-refractivity contribution in [1.29, 1.82) is 0 Å². The SMILES string of the molecule is Cc1cc(N2C(=S)N[C@@H](c3ccccn3)[C@H]2c2c(C)c(C)n(-c3cccc(Cl)c3)c2C)ccc1NC(=O)C(C)C. The Bertz CT molecular complexity index is 1600. The third-order valence-corrected chi connectivity index (χ3v) is 8.29. The number of anilines is 2. The number of pyridine rings is 1. The summed E-state index contributed by atoms with van der Waals surface area (Å²) >= 11 is 12.4. The molecule has 1 amide bonds. The lowest BCUT2D eigenvalue weighted by Gasteiger charge is -2.29. The van der Waals surface area contributed by atoms with E-state index in [0.717, 1.165) is 39.7 Å². The van der Waals surface area contributed by atoms with E-state index in [1.54, 1.807) is 0 Å². The standard InChI is InChI=1S/C32H34ClN5OS/c1-18(2)31(39)35-26-14-13-25(16-19(26)3)38-30(29(36-32(38)40)27-12-7-8-15-34-27)28-20(4)21(5)37(22(28)6)24-11-9-10-23(33)17-24/h7-18,29-30H,1-6H3,(H,35,39)(H,36,40)/t29-,30+/m0/s1. The predicted molar refractivity (Wildman–Crippen MR) is 168 cm³/mol. The van der Waals surface area contributed by atoms with E-state index in [-0.39, 0.29) is 23.9 Å². The van der Waals surface area contributed by atoms with Crippen LogP contribution in [0.3, 0.4) is 0 Å². The minimum Gasteiger partial charge on any atom is -0.351 e. The Labute approximate surface area is 246 Å². The topological polar surface area (TPSA) is 62.2 Å². The monoisotopic (exact) mass is 571 g/mol. The molecule has 1 saturated heterocycles. The molecule has 0 radical (unpaired) electrons. The van der Waals surface area contributed by atoms with Crippen LogP contribution in [0.5, 0.6) is 0 Å². The number of aromatic nitrogens is 2. The van der Waals surface area contributed by atoms with Crippen molar-refractivity contribution in [3.8, 4) is 5.69 Å². The minimum atomic E-state index is -0.165. The highest BCUT2D eigenvalue weighted by Gasteiger charge is 2.43. The number of hydrogen-bond acceptors (Lipinski definition) is 3. The summed E-state index contributed by atoms with van der Waals surface area (Å²) in [6.07, 6.45) is 1.82. The molecular formula is C32H34ClN5OS. The van der Waals surface area contributed by atoms with Gasteiger partial charge < -0.3 is 20.1 Å². The number of nitrogens with zero attached hydrogens (tertiary/aromatic N) is 3. The summed E-state index contributed by atoms with van der Waals surface area (Å²) in [5.41, 5.74) is 9.31. The Balaban J connectivity index is 1.66. The largest absolute Gasteiger partial charge is 0.351 e. The molecule has 6 nitrogen and oxygen atoms in total. The third-order valence-electron chi connectivity index (χ3n) is 7.74. The van der Waals surface area contributed by atoms with Crippen molar-refractivity contribution in [2.24, 2.45) is 5.92 Å². The lowest BCUT2D eigenvalue weighted by Crippen LogP contribution is -2.30. The van der Waals surface area contributed by atoms with Gasteiger partial charge in [-0.3, -0.25) is 9.78 Å². The van der Waals surface area contributed by atoms with Crippen molar-refractivity contribution >= 4 is 46.2 Å². The molecule has 1 fully saturated rings. The molecule has 0 spiro atoms. The molecular weight excluding hydrogens is 538 g/mol. The summed E-state index contributed by atoms with van der Waals surface area (Å²) in [4.78, 5) is 19.3. The van der Waals surface area contributed by atoms with Crippen molar-refractivity contribution in [2.45, 2.75) is 53.6 Å². The fraction of sp³-hybridized carbons (Fsp3) is 0.281. The number of amides is 1. The number of carbonyl (C=O) groups is 1. The van der Waals surface area contributed by atoms with Gasteiger partial charge in [0.2, 0.25) is 5.91 Å². The molecule has 2 N–H and O–H groups in total. The maximum absolute atomic E-state index is 12.4. The second kappa shape index (κ2) is 11.1. The summed E-state index contributed by atoms with van der Waals surface area (Å²) in [6, 6.07) is 19.7. The van der Waals surface area contributed by atoms with Crippen molar-refractivity contribution in [3.63, 3.8) is 0 Å². The highest BCUT2D eigenvalue weighted by Crippen LogP contribution is 2.46. The number of hydrogen-bond donors (Lipinski definition) is 2. The van der Waals surface area contributed by atoms with E-state index in [1.807, 2.05) is 75.5 Å². The number of aryl methyl sites for hydroxylation is 1. The van der Waals surface area contributed by atoms with E-state index in [4.69, 9.17) is 28.8 Å². The van der Waals surface area contributed by atoms with Gasteiger partial charge in [-0.15, -0.1) is 0 Å². The van der Waals surface area contributed by atoms with Crippen LogP contribution < -0.4 is 15.5 Å². The average Bonchev–Trinajstić information content (AvgIpc) is 3.37. The lowest BCUT2D eigenvalue weighted by molar-refractivity contribution is -0.118. The summed E-state index contributed by atoms with van der Waals surface area (Å²) in [6.45, 7) is 12.2. The van der Waals surface area contributed by atoms with Crippen LogP contribution in [0, 0.1) is 33.6 Å².